The van der Waals surface area contributed by atoms with E-state index >= 15 is 0 Å². The monoisotopic (exact) mass is 210 g/mol. The normalized spacial score (nSPS) is 11.3. The summed E-state index contributed by atoms with van der Waals surface area (Å²) in [5.41, 5.74) is 6.86. The average molecular weight is 210 g/mol. The van der Waals surface area contributed by atoms with E-state index in [1.165, 1.54) is 6.07 Å². The molecule has 1 aromatic carbocycles. The summed E-state index contributed by atoms with van der Waals surface area (Å²) in [5, 5.41) is 0. The lowest BCUT2D eigenvalue weighted by atomic mass is 10.1. The lowest BCUT2D eigenvalue weighted by molar-refractivity contribution is 0.285. The number of hydrogen-bond donors (Lipinski definition) is 1. The molecule has 1 rings (SSSR count). The molecule has 0 aliphatic heterocycles. The zero-order valence-electron chi connectivity index (χ0n) is 9.63. The van der Waals surface area contributed by atoms with Crippen LogP contribution < -0.4 is 5.73 Å². The van der Waals surface area contributed by atoms with Crippen molar-refractivity contribution in [1.29, 1.82) is 0 Å². The standard InChI is InChI=1S/C12H19FN2/c1-9(2)7-15(3)8-10-11(13)5-4-6-12(10)14/h4-6,9H,7-8,14H2,1-3H3. The highest BCUT2D eigenvalue weighted by Gasteiger charge is 2.09. The second kappa shape index (κ2) is 5.12. The summed E-state index contributed by atoms with van der Waals surface area (Å²) < 4.78 is 13.4. The predicted molar refractivity (Wildman–Crippen MR) is 62.0 cm³/mol. The summed E-state index contributed by atoms with van der Waals surface area (Å²) in [5.74, 6) is 0.355. The van der Waals surface area contributed by atoms with Gasteiger partial charge in [0, 0.05) is 24.3 Å². The fraction of sp³-hybridized carbons (Fsp3) is 0.500. The zero-order valence-corrected chi connectivity index (χ0v) is 9.63. The maximum Gasteiger partial charge on any atom is 0.129 e. The molecular formula is C12H19FN2. The van der Waals surface area contributed by atoms with Gasteiger partial charge in [-0.3, -0.25) is 0 Å². The van der Waals surface area contributed by atoms with Crippen LogP contribution in [0.5, 0.6) is 0 Å². The molecule has 0 saturated carbocycles. The fourth-order valence-corrected chi connectivity index (χ4v) is 1.70. The summed E-state index contributed by atoms with van der Waals surface area (Å²) >= 11 is 0. The largest absolute Gasteiger partial charge is 0.398 e. The Labute approximate surface area is 90.9 Å². The van der Waals surface area contributed by atoms with Gasteiger partial charge in [0.1, 0.15) is 5.82 Å². The number of hydrogen-bond acceptors (Lipinski definition) is 2. The molecular weight excluding hydrogens is 191 g/mol. The minimum Gasteiger partial charge on any atom is -0.398 e. The molecule has 1 aromatic rings. The predicted octanol–water partition coefficient (Wildman–Crippen LogP) is 2.50. The number of nitrogens with two attached hydrogens (primary N) is 1. The van der Waals surface area contributed by atoms with Crippen LogP contribution in [0, 0.1) is 11.7 Å². The number of anilines is 1. The Morgan fingerprint density at radius 2 is 2.07 bits per heavy atom. The van der Waals surface area contributed by atoms with Crippen molar-refractivity contribution in [3.8, 4) is 0 Å². The Kier molecular flexibility index (Phi) is 4.09. The molecule has 0 aliphatic carbocycles. The van der Waals surface area contributed by atoms with Crippen LogP contribution in [-0.4, -0.2) is 18.5 Å². The van der Waals surface area contributed by atoms with E-state index in [2.05, 4.69) is 18.7 Å². The van der Waals surface area contributed by atoms with E-state index in [9.17, 15) is 4.39 Å². The van der Waals surface area contributed by atoms with Gasteiger partial charge in [0.2, 0.25) is 0 Å². The summed E-state index contributed by atoms with van der Waals surface area (Å²) in [6.45, 7) is 5.78. The van der Waals surface area contributed by atoms with Gasteiger partial charge in [-0.2, -0.15) is 0 Å². The van der Waals surface area contributed by atoms with Gasteiger partial charge in [0.15, 0.2) is 0 Å². The highest BCUT2D eigenvalue weighted by Crippen LogP contribution is 2.17. The fourth-order valence-electron chi connectivity index (χ4n) is 1.70. The number of benzene rings is 1. The molecule has 0 fully saturated rings. The third-order valence-corrected chi connectivity index (χ3v) is 2.26. The van der Waals surface area contributed by atoms with Crippen molar-refractivity contribution in [3.63, 3.8) is 0 Å². The number of rotatable bonds is 4. The van der Waals surface area contributed by atoms with Gasteiger partial charge in [0.05, 0.1) is 0 Å². The Bertz CT molecular complexity index is 303. The van der Waals surface area contributed by atoms with E-state index in [-0.39, 0.29) is 5.82 Å². The van der Waals surface area contributed by atoms with E-state index in [1.807, 2.05) is 7.05 Å². The highest BCUT2D eigenvalue weighted by molar-refractivity contribution is 5.47. The Balaban J connectivity index is 2.71. The average Bonchev–Trinajstić information content (AvgIpc) is 2.10. The first-order valence-corrected chi connectivity index (χ1v) is 5.22. The molecule has 2 nitrogen and oxygen atoms in total. The van der Waals surface area contributed by atoms with Gasteiger partial charge in [-0.1, -0.05) is 19.9 Å². The number of nitrogens with zero attached hydrogens (tertiary/aromatic N) is 1. The van der Waals surface area contributed by atoms with Crippen LogP contribution in [0.1, 0.15) is 19.4 Å². The van der Waals surface area contributed by atoms with Crippen LogP contribution in [0.2, 0.25) is 0 Å². The van der Waals surface area contributed by atoms with E-state index in [4.69, 9.17) is 5.73 Å². The molecule has 0 heterocycles. The Morgan fingerprint density at radius 1 is 1.40 bits per heavy atom. The molecule has 0 atom stereocenters. The van der Waals surface area contributed by atoms with Crippen molar-refractivity contribution in [1.82, 2.24) is 4.90 Å². The molecule has 0 spiro atoms. The molecule has 0 saturated heterocycles. The maximum absolute atomic E-state index is 13.4. The first-order chi connectivity index (χ1) is 7.00. The maximum atomic E-state index is 13.4. The van der Waals surface area contributed by atoms with Crippen LogP contribution in [0.25, 0.3) is 0 Å². The molecule has 0 aromatic heterocycles. The van der Waals surface area contributed by atoms with Crippen molar-refractivity contribution in [2.24, 2.45) is 5.92 Å². The van der Waals surface area contributed by atoms with Crippen LogP contribution in [0.15, 0.2) is 18.2 Å². The van der Waals surface area contributed by atoms with Crippen molar-refractivity contribution in [2.45, 2.75) is 20.4 Å². The van der Waals surface area contributed by atoms with Crippen molar-refractivity contribution < 1.29 is 4.39 Å². The highest BCUT2D eigenvalue weighted by atomic mass is 19.1. The zero-order chi connectivity index (χ0) is 11.4. The smallest absolute Gasteiger partial charge is 0.129 e. The van der Waals surface area contributed by atoms with Crippen LogP contribution >= 0.6 is 0 Å². The molecule has 0 bridgehead atoms. The summed E-state index contributed by atoms with van der Waals surface area (Å²) in [6.07, 6.45) is 0. The first-order valence-electron chi connectivity index (χ1n) is 5.22. The SMILES string of the molecule is CC(C)CN(C)Cc1c(N)cccc1F. The topological polar surface area (TPSA) is 29.3 Å². The molecule has 0 amide bonds. The van der Waals surface area contributed by atoms with E-state index in [1.54, 1.807) is 12.1 Å². The lowest BCUT2D eigenvalue weighted by Crippen LogP contribution is -2.23. The van der Waals surface area contributed by atoms with Crippen LogP contribution in [0.3, 0.4) is 0 Å². The van der Waals surface area contributed by atoms with Gasteiger partial charge in [-0.15, -0.1) is 0 Å². The van der Waals surface area contributed by atoms with Crippen molar-refractivity contribution >= 4 is 5.69 Å². The third-order valence-electron chi connectivity index (χ3n) is 2.26. The Morgan fingerprint density at radius 3 is 2.60 bits per heavy atom. The number of nitrogen functional groups attached to an aromatic ring is 1. The Hall–Kier alpha value is -1.09. The van der Waals surface area contributed by atoms with Crippen LogP contribution in [0.4, 0.5) is 10.1 Å². The van der Waals surface area contributed by atoms with Crippen molar-refractivity contribution in [3.05, 3.63) is 29.6 Å². The third kappa shape index (κ3) is 3.51. The minimum atomic E-state index is -0.217. The van der Waals surface area contributed by atoms with E-state index < -0.39 is 0 Å². The quantitative estimate of drug-likeness (QED) is 0.774. The molecule has 0 radical (unpaired) electrons. The molecule has 0 unspecified atom stereocenters. The lowest BCUT2D eigenvalue weighted by Gasteiger charge is -2.20. The molecule has 84 valence electrons. The van der Waals surface area contributed by atoms with Gasteiger partial charge >= 0.3 is 0 Å². The van der Waals surface area contributed by atoms with Gasteiger partial charge in [0.25, 0.3) is 0 Å². The van der Waals surface area contributed by atoms with E-state index in [0.29, 0.717) is 23.7 Å². The molecule has 2 N–H and O–H groups in total. The molecule has 0 aliphatic rings. The first kappa shape index (κ1) is 12.0. The summed E-state index contributed by atoms with van der Waals surface area (Å²) in [7, 11) is 1.98. The summed E-state index contributed by atoms with van der Waals surface area (Å²) in [4.78, 5) is 2.08. The molecule has 3 heteroatoms. The summed E-state index contributed by atoms with van der Waals surface area (Å²) in [6, 6.07) is 4.83. The van der Waals surface area contributed by atoms with Crippen LogP contribution in [-0.2, 0) is 6.54 Å². The van der Waals surface area contributed by atoms with E-state index in [0.717, 1.165) is 6.54 Å². The molecule has 15 heavy (non-hydrogen) atoms. The second-order valence-electron chi connectivity index (χ2n) is 4.40. The van der Waals surface area contributed by atoms with Gasteiger partial charge in [-0.25, -0.2) is 4.39 Å². The van der Waals surface area contributed by atoms with Gasteiger partial charge in [-0.05, 0) is 25.1 Å². The van der Waals surface area contributed by atoms with Gasteiger partial charge < -0.3 is 10.6 Å². The number of halogens is 1. The van der Waals surface area contributed by atoms with Crippen molar-refractivity contribution in [2.75, 3.05) is 19.3 Å². The second-order valence-corrected chi connectivity index (χ2v) is 4.40. The minimum absolute atomic E-state index is 0.217.